The minimum Gasteiger partial charge on any atom is -0.462 e. The second kappa shape index (κ2) is 7.10. The predicted octanol–water partition coefficient (Wildman–Crippen LogP) is 4.97. The number of para-hydroxylation sites is 2. The lowest BCUT2D eigenvalue weighted by atomic mass is 9.92. The molecule has 0 aromatic heterocycles. The van der Waals surface area contributed by atoms with E-state index < -0.39 is 0 Å². The summed E-state index contributed by atoms with van der Waals surface area (Å²) in [6.45, 7) is 2.20. The third-order valence-corrected chi connectivity index (χ3v) is 6.13. The van der Waals surface area contributed by atoms with Gasteiger partial charge in [0.1, 0.15) is 12.3 Å². The van der Waals surface area contributed by atoms with Gasteiger partial charge in [0.2, 0.25) is 0 Å². The maximum absolute atomic E-state index is 12.1. The van der Waals surface area contributed by atoms with Crippen molar-refractivity contribution in [2.45, 2.75) is 19.3 Å². The van der Waals surface area contributed by atoms with E-state index >= 15 is 0 Å². The summed E-state index contributed by atoms with van der Waals surface area (Å²) in [7, 11) is 4.31. The molecule has 0 N–H and O–H groups in total. The smallest absolute Gasteiger partial charge is 0.338 e. The highest BCUT2D eigenvalue weighted by atomic mass is 16.5. The van der Waals surface area contributed by atoms with E-state index in [4.69, 9.17) is 4.74 Å². The molecular weight excluding hydrogens is 374 g/mol. The summed E-state index contributed by atoms with van der Waals surface area (Å²) >= 11 is 0. The van der Waals surface area contributed by atoms with Crippen LogP contribution in [0.3, 0.4) is 0 Å². The molecule has 0 spiro atoms. The summed E-state index contributed by atoms with van der Waals surface area (Å²) in [6, 6.07) is 25.0. The molecule has 2 heterocycles. The van der Waals surface area contributed by atoms with Crippen LogP contribution in [0.5, 0.6) is 0 Å². The second-order valence-corrected chi connectivity index (χ2v) is 7.76. The third-order valence-electron chi connectivity index (χ3n) is 6.13. The Labute approximate surface area is 177 Å². The van der Waals surface area contributed by atoms with Crippen LogP contribution < -0.4 is 14.7 Å². The van der Waals surface area contributed by atoms with E-state index in [0.717, 1.165) is 5.69 Å². The maximum Gasteiger partial charge on any atom is 0.338 e. The van der Waals surface area contributed by atoms with E-state index in [1.54, 1.807) is 0 Å². The molecule has 3 aromatic carbocycles. The molecule has 0 amide bonds. The topological polar surface area (TPSA) is 36.0 Å². The quantitative estimate of drug-likeness (QED) is 0.582. The number of fused-ring (bicyclic) bond motifs is 6. The molecule has 0 saturated heterocycles. The molecule has 5 rings (SSSR count). The van der Waals surface area contributed by atoms with Crippen LogP contribution in [0, 0.1) is 0 Å². The van der Waals surface area contributed by atoms with E-state index in [0.29, 0.717) is 12.2 Å². The van der Waals surface area contributed by atoms with Gasteiger partial charge in [0.05, 0.1) is 12.2 Å². The Morgan fingerprint density at radius 3 is 1.80 bits per heavy atom. The zero-order chi connectivity index (χ0) is 20.8. The van der Waals surface area contributed by atoms with Gasteiger partial charge in [-0.2, -0.15) is 0 Å². The average molecular weight is 399 g/mol. The molecule has 2 bridgehead atoms. The zero-order valence-corrected chi connectivity index (χ0v) is 17.4. The molecular formula is C25H25N3O2. The van der Waals surface area contributed by atoms with Gasteiger partial charge in [0.25, 0.3) is 0 Å². The number of esters is 1. The van der Waals surface area contributed by atoms with E-state index in [1.807, 2.05) is 31.2 Å². The fourth-order valence-corrected chi connectivity index (χ4v) is 4.81. The maximum atomic E-state index is 12.1. The molecule has 5 heteroatoms. The SMILES string of the molecule is CCOC(=O)c1ccc(N2C3c4ccccc4N(C)C2c2ccccc2N3C)cc1. The van der Waals surface area contributed by atoms with Crippen molar-refractivity contribution in [1.82, 2.24) is 0 Å². The molecule has 2 unspecified atom stereocenters. The van der Waals surface area contributed by atoms with Gasteiger partial charge in [-0.05, 0) is 43.3 Å². The first kappa shape index (κ1) is 18.6. The molecule has 2 aliphatic rings. The number of carbonyl (C=O) groups is 1. The Morgan fingerprint density at radius 2 is 1.30 bits per heavy atom. The number of rotatable bonds is 3. The summed E-state index contributed by atoms with van der Waals surface area (Å²) in [6.07, 6.45) is 0.122. The summed E-state index contributed by atoms with van der Waals surface area (Å²) in [5, 5.41) is 0. The predicted molar refractivity (Wildman–Crippen MR) is 120 cm³/mol. The lowest BCUT2D eigenvalue weighted by Gasteiger charge is -2.57. The molecule has 0 aliphatic carbocycles. The van der Waals surface area contributed by atoms with Crippen LogP contribution in [-0.2, 0) is 4.74 Å². The molecule has 30 heavy (non-hydrogen) atoms. The lowest BCUT2D eigenvalue weighted by Crippen LogP contribution is -2.55. The Morgan fingerprint density at radius 1 is 0.800 bits per heavy atom. The third kappa shape index (κ3) is 2.65. The lowest BCUT2D eigenvalue weighted by molar-refractivity contribution is 0.0526. The summed E-state index contributed by atoms with van der Waals surface area (Å²) < 4.78 is 5.15. The van der Waals surface area contributed by atoms with E-state index in [2.05, 4.69) is 77.3 Å². The highest BCUT2D eigenvalue weighted by molar-refractivity contribution is 5.90. The number of benzene rings is 3. The summed E-state index contributed by atoms with van der Waals surface area (Å²) in [5.41, 5.74) is 6.66. The van der Waals surface area contributed by atoms with Crippen LogP contribution in [0.4, 0.5) is 17.1 Å². The number of hydrogen-bond donors (Lipinski definition) is 0. The van der Waals surface area contributed by atoms with Gasteiger partial charge < -0.3 is 19.4 Å². The highest BCUT2D eigenvalue weighted by Gasteiger charge is 2.45. The van der Waals surface area contributed by atoms with Crippen molar-refractivity contribution in [3.63, 3.8) is 0 Å². The number of nitrogens with zero attached hydrogens (tertiary/aromatic N) is 3. The fourth-order valence-electron chi connectivity index (χ4n) is 4.81. The molecule has 0 saturated carbocycles. The van der Waals surface area contributed by atoms with Crippen LogP contribution in [0.15, 0.2) is 72.8 Å². The molecule has 0 fully saturated rings. The summed E-state index contributed by atoms with van der Waals surface area (Å²) in [4.78, 5) is 19.2. The molecule has 5 nitrogen and oxygen atoms in total. The van der Waals surface area contributed by atoms with Gasteiger partial charge in [-0.3, -0.25) is 0 Å². The Bertz CT molecular complexity index is 1040. The summed E-state index contributed by atoms with van der Waals surface area (Å²) in [5.74, 6) is -0.284. The van der Waals surface area contributed by atoms with Gasteiger partial charge in [-0.25, -0.2) is 4.79 Å². The van der Waals surface area contributed by atoms with Gasteiger partial charge in [-0.1, -0.05) is 36.4 Å². The first-order valence-electron chi connectivity index (χ1n) is 10.3. The molecule has 152 valence electrons. The Hall–Kier alpha value is -3.47. The van der Waals surface area contributed by atoms with Crippen LogP contribution in [-0.4, -0.2) is 26.7 Å². The first-order chi connectivity index (χ1) is 14.6. The normalized spacial score (nSPS) is 19.2. The van der Waals surface area contributed by atoms with Crippen LogP contribution in [0.2, 0.25) is 0 Å². The van der Waals surface area contributed by atoms with Gasteiger partial charge in [0.15, 0.2) is 0 Å². The van der Waals surface area contributed by atoms with Gasteiger partial charge >= 0.3 is 5.97 Å². The first-order valence-corrected chi connectivity index (χ1v) is 10.3. The van der Waals surface area contributed by atoms with Crippen molar-refractivity contribution in [3.8, 4) is 0 Å². The highest BCUT2D eigenvalue weighted by Crippen LogP contribution is 2.53. The fraction of sp³-hybridized carbons (Fsp3) is 0.240. The minimum absolute atomic E-state index is 0.0609. The van der Waals surface area contributed by atoms with Crippen LogP contribution in [0.25, 0.3) is 0 Å². The van der Waals surface area contributed by atoms with Gasteiger partial charge in [0, 0.05) is 42.3 Å². The van der Waals surface area contributed by atoms with E-state index in [-0.39, 0.29) is 18.3 Å². The molecule has 0 radical (unpaired) electrons. The standard InChI is InChI=1S/C25H25N3O2/c1-4-30-25(29)17-13-15-18(16-14-17)28-23-20-10-6-8-12-22(20)27(3)24(28)19-9-5-7-11-21(19)26(23)2/h5-16,23-24H,4H2,1-3H3. The van der Waals surface area contributed by atoms with Gasteiger partial charge in [-0.15, -0.1) is 0 Å². The Kier molecular flexibility index (Phi) is 4.39. The van der Waals surface area contributed by atoms with Crippen molar-refractivity contribution in [2.24, 2.45) is 0 Å². The largest absolute Gasteiger partial charge is 0.462 e. The zero-order valence-electron chi connectivity index (χ0n) is 17.4. The van der Waals surface area contributed by atoms with Crippen LogP contribution in [0.1, 0.15) is 40.7 Å². The number of anilines is 3. The van der Waals surface area contributed by atoms with Crippen molar-refractivity contribution in [2.75, 3.05) is 35.4 Å². The second-order valence-electron chi connectivity index (χ2n) is 7.76. The minimum atomic E-state index is -0.284. The van der Waals surface area contributed by atoms with Crippen molar-refractivity contribution < 1.29 is 9.53 Å². The van der Waals surface area contributed by atoms with Crippen molar-refractivity contribution in [3.05, 3.63) is 89.5 Å². The molecule has 2 atom stereocenters. The number of ether oxygens (including phenoxy) is 1. The monoisotopic (exact) mass is 399 g/mol. The average Bonchev–Trinajstić information content (AvgIpc) is 2.79. The number of hydrogen-bond acceptors (Lipinski definition) is 5. The number of carbonyl (C=O) groups excluding carboxylic acids is 1. The molecule has 2 aliphatic heterocycles. The van der Waals surface area contributed by atoms with Crippen LogP contribution >= 0.6 is 0 Å². The van der Waals surface area contributed by atoms with Crippen molar-refractivity contribution in [1.29, 1.82) is 0 Å². The van der Waals surface area contributed by atoms with E-state index in [1.165, 1.54) is 22.5 Å². The Balaban J connectivity index is 1.66. The van der Waals surface area contributed by atoms with Crippen molar-refractivity contribution >= 4 is 23.0 Å². The van der Waals surface area contributed by atoms with E-state index in [9.17, 15) is 4.79 Å². The molecule has 3 aromatic rings.